The second-order valence-electron chi connectivity index (χ2n) is 6.41. The average Bonchev–Trinajstić information content (AvgIpc) is 3.28. The van der Waals surface area contributed by atoms with Crippen molar-refractivity contribution < 1.29 is 9.59 Å². The molecule has 2 heterocycles. The van der Waals surface area contributed by atoms with Crippen molar-refractivity contribution in [2.24, 2.45) is 7.05 Å². The van der Waals surface area contributed by atoms with Crippen LogP contribution in [0.25, 0.3) is 10.9 Å². The number of benzene rings is 2. The largest absolute Gasteiger partial charge is 0.343 e. The second-order valence-corrected chi connectivity index (χ2v) is 7.52. The molecule has 0 radical (unpaired) electrons. The van der Waals surface area contributed by atoms with Crippen molar-refractivity contribution in [2.45, 2.75) is 16.7 Å². The molecule has 0 bridgehead atoms. The van der Waals surface area contributed by atoms with Crippen LogP contribution in [0.15, 0.2) is 70.6 Å². The maximum Gasteiger partial charge on any atom is 0.274 e. The number of aromatic amines is 1. The summed E-state index contributed by atoms with van der Waals surface area (Å²) in [5, 5.41) is 10.5. The van der Waals surface area contributed by atoms with E-state index in [0.717, 1.165) is 26.4 Å². The number of aromatic nitrogens is 3. The maximum absolute atomic E-state index is 12.6. The smallest absolute Gasteiger partial charge is 0.274 e. The first-order valence-electron chi connectivity index (χ1n) is 8.71. The Morgan fingerprint density at radius 3 is 2.64 bits per heavy atom. The number of carbonyl (C=O) groups excluding carboxylic acids is 2. The van der Waals surface area contributed by atoms with Crippen molar-refractivity contribution in [3.63, 3.8) is 0 Å². The van der Waals surface area contributed by atoms with Gasteiger partial charge in [0, 0.05) is 33.5 Å². The van der Waals surface area contributed by atoms with Gasteiger partial charge >= 0.3 is 0 Å². The Balaban J connectivity index is 1.55. The van der Waals surface area contributed by atoms with Gasteiger partial charge in [-0.15, -0.1) is 0 Å². The van der Waals surface area contributed by atoms with Crippen molar-refractivity contribution in [3.05, 3.63) is 77.7 Å². The number of nitrogens with zero attached hydrogens (tertiary/aromatic N) is 2. The SMILES string of the molecule is Cc1c(Sc2ccc3[nH]ncc3c2)cc(C(=O)NC(=O)c2ccccc2)n1C. The minimum atomic E-state index is -0.420. The van der Waals surface area contributed by atoms with Crippen LogP contribution in [0, 0.1) is 6.92 Å². The molecule has 0 saturated carbocycles. The van der Waals surface area contributed by atoms with Crippen molar-refractivity contribution in [3.8, 4) is 0 Å². The predicted molar refractivity (Wildman–Crippen MR) is 109 cm³/mol. The number of fused-ring (bicyclic) bond motifs is 1. The number of nitrogens with one attached hydrogen (secondary N) is 2. The lowest BCUT2D eigenvalue weighted by molar-refractivity contribution is 0.0844. The van der Waals surface area contributed by atoms with Crippen LogP contribution >= 0.6 is 11.8 Å². The fourth-order valence-corrected chi connectivity index (χ4v) is 3.96. The van der Waals surface area contributed by atoms with Gasteiger partial charge in [-0.1, -0.05) is 30.0 Å². The Labute approximate surface area is 165 Å². The van der Waals surface area contributed by atoms with E-state index in [9.17, 15) is 9.59 Å². The Morgan fingerprint density at radius 1 is 1.07 bits per heavy atom. The van der Waals surface area contributed by atoms with Gasteiger partial charge < -0.3 is 4.57 Å². The molecule has 2 amide bonds. The fourth-order valence-electron chi connectivity index (χ4n) is 2.93. The molecule has 0 aliphatic heterocycles. The lowest BCUT2D eigenvalue weighted by atomic mass is 10.2. The van der Waals surface area contributed by atoms with E-state index in [1.165, 1.54) is 0 Å². The fraction of sp³-hybridized carbons (Fsp3) is 0.0952. The molecule has 0 fully saturated rings. The molecule has 4 rings (SSSR count). The van der Waals surface area contributed by atoms with Crippen LogP contribution < -0.4 is 5.32 Å². The summed E-state index contributed by atoms with van der Waals surface area (Å²) in [5.74, 6) is -0.833. The van der Waals surface area contributed by atoms with Crippen LogP contribution in [0.5, 0.6) is 0 Å². The summed E-state index contributed by atoms with van der Waals surface area (Å²) in [6.45, 7) is 1.95. The molecule has 0 aliphatic rings. The zero-order valence-corrected chi connectivity index (χ0v) is 16.2. The van der Waals surface area contributed by atoms with Gasteiger partial charge in [0.2, 0.25) is 0 Å². The topological polar surface area (TPSA) is 79.8 Å². The van der Waals surface area contributed by atoms with E-state index < -0.39 is 11.8 Å². The number of amides is 2. The molecular formula is C21H18N4O2S. The summed E-state index contributed by atoms with van der Waals surface area (Å²) >= 11 is 1.57. The Bertz CT molecular complexity index is 1180. The van der Waals surface area contributed by atoms with Crippen LogP contribution in [0.3, 0.4) is 0 Å². The number of hydrogen-bond donors (Lipinski definition) is 2. The van der Waals surface area contributed by atoms with E-state index in [-0.39, 0.29) is 0 Å². The van der Waals surface area contributed by atoms with Gasteiger partial charge in [0.15, 0.2) is 0 Å². The van der Waals surface area contributed by atoms with E-state index in [0.29, 0.717) is 11.3 Å². The summed E-state index contributed by atoms with van der Waals surface area (Å²) in [5.41, 5.74) is 2.82. The van der Waals surface area contributed by atoms with Crippen molar-refractivity contribution in [1.82, 2.24) is 20.1 Å². The summed E-state index contributed by atoms with van der Waals surface area (Å²) < 4.78 is 1.80. The van der Waals surface area contributed by atoms with Gasteiger partial charge in [-0.05, 0) is 43.3 Å². The van der Waals surface area contributed by atoms with Gasteiger partial charge in [0.05, 0.1) is 11.7 Å². The van der Waals surface area contributed by atoms with Gasteiger partial charge in [-0.25, -0.2) is 0 Å². The summed E-state index contributed by atoms with van der Waals surface area (Å²) in [4.78, 5) is 26.9. The zero-order chi connectivity index (χ0) is 19.7. The van der Waals surface area contributed by atoms with E-state index in [2.05, 4.69) is 21.6 Å². The first kappa shape index (κ1) is 18.1. The maximum atomic E-state index is 12.6. The zero-order valence-electron chi connectivity index (χ0n) is 15.4. The Kier molecular flexibility index (Phi) is 4.75. The highest BCUT2D eigenvalue weighted by atomic mass is 32.2. The third-order valence-electron chi connectivity index (χ3n) is 4.62. The highest BCUT2D eigenvalue weighted by molar-refractivity contribution is 7.99. The van der Waals surface area contributed by atoms with Crippen LogP contribution in [-0.2, 0) is 7.05 Å². The Morgan fingerprint density at radius 2 is 1.86 bits per heavy atom. The standard InChI is InChI=1S/C21H18N4O2S/c1-13-19(28-16-8-9-17-15(10-16)12-22-24-17)11-18(25(13)2)21(27)23-20(26)14-6-4-3-5-7-14/h3-12H,1-2H3,(H,22,24)(H,23,26,27). The molecule has 7 heteroatoms. The molecule has 6 nitrogen and oxygen atoms in total. The van der Waals surface area contributed by atoms with Crippen molar-refractivity contribution in [2.75, 3.05) is 0 Å². The third kappa shape index (κ3) is 3.44. The number of hydrogen-bond acceptors (Lipinski definition) is 4. The highest BCUT2D eigenvalue weighted by Gasteiger charge is 2.19. The summed E-state index contributed by atoms with van der Waals surface area (Å²) in [6, 6.07) is 16.5. The van der Waals surface area contributed by atoms with Crippen LogP contribution in [0.1, 0.15) is 26.5 Å². The second kappa shape index (κ2) is 7.36. The molecule has 0 aliphatic carbocycles. The first-order chi connectivity index (χ1) is 13.5. The quantitative estimate of drug-likeness (QED) is 0.518. The van der Waals surface area contributed by atoms with Crippen LogP contribution in [-0.4, -0.2) is 26.6 Å². The molecule has 0 atom stereocenters. The molecule has 2 aromatic heterocycles. The molecule has 0 spiro atoms. The number of H-pyrrole nitrogens is 1. The molecule has 2 N–H and O–H groups in total. The molecule has 140 valence electrons. The first-order valence-corrected chi connectivity index (χ1v) is 9.52. The monoisotopic (exact) mass is 390 g/mol. The normalized spacial score (nSPS) is 10.9. The lowest BCUT2D eigenvalue weighted by Crippen LogP contribution is -2.31. The highest BCUT2D eigenvalue weighted by Crippen LogP contribution is 2.33. The molecule has 2 aromatic carbocycles. The Hall–Kier alpha value is -3.32. The van der Waals surface area contributed by atoms with E-state index >= 15 is 0 Å². The summed E-state index contributed by atoms with van der Waals surface area (Å²) in [6.07, 6.45) is 1.78. The van der Waals surface area contributed by atoms with Gasteiger partial charge in [-0.2, -0.15) is 5.10 Å². The minimum Gasteiger partial charge on any atom is -0.343 e. The third-order valence-corrected chi connectivity index (χ3v) is 5.75. The van der Waals surface area contributed by atoms with Gasteiger partial charge in [-0.3, -0.25) is 20.0 Å². The lowest BCUT2D eigenvalue weighted by Gasteiger charge is -2.06. The van der Waals surface area contributed by atoms with E-state index in [4.69, 9.17) is 0 Å². The number of imide groups is 1. The molecule has 4 aromatic rings. The average molecular weight is 390 g/mol. The van der Waals surface area contributed by atoms with E-state index in [1.54, 1.807) is 46.8 Å². The van der Waals surface area contributed by atoms with Gasteiger partial charge in [0.1, 0.15) is 5.69 Å². The summed E-state index contributed by atoms with van der Waals surface area (Å²) in [7, 11) is 1.82. The molecular weight excluding hydrogens is 372 g/mol. The minimum absolute atomic E-state index is 0.413. The van der Waals surface area contributed by atoms with Crippen molar-refractivity contribution >= 4 is 34.5 Å². The molecule has 0 saturated heterocycles. The molecule has 0 unspecified atom stereocenters. The molecule has 28 heavy (non-hydrogen) atoms. The van der Waals surface area contributed by atoms with E-state index in [1.807, 2.05) is 38.2 Å². The predicted octanol–water partition coefficient (Wildman–Crippen LogP) is 3.93. The van der Waals surface area contributed by atoms with Crippen molar-refractivity contribution in [1.29, 1.82) is 0 Å². The van der Waals surface area contributed by atoms with Crippen LogP contribution in [0.4, 0.5) is 0 Å². The number of rotatable bonds is 4. The van der Waals surface area contributed by atoms with Gasteiger partial charge in [0.25, 0.3) is 11.8 Å². The van der Waals surface area contributed by atoms with Crippen LogP contribution in [0.2, 0.25) is 0 Å². The number of carbonyl (C=O) groups is 2.